The number of carbonyl (C=O) groups excluding carboxylic acids is 2. The highest BCUT2D eigenvalue weighted by Crippen LogP contribution is 2.40. The number of nitrogens with one attached hydrogen (secondary N) is 1. The van der Waals surface area contributed by atoms with E-state index in [-0.39, 0.29) is 23.8 Å². The van der Waals surface area contributed by atoms with E-state index in [0.717, 1.165) is 30.4 Å². The molecular weight excluding hydrogens is 432 g/mol. The van der Waals surface area contributed by atoms with E-state index in [1.54, 1.807) is 21.3 Å². The van der Waals surface area contributed by atoms with Crippen LogP contribution in [0.4, 0.5) is 0 Å². The Labute approximate surface area is 202 Å². The minimum absolute atomic E-state index is 0.00247. The van der Waals surface area contributed by atoms with Gasteiger partial charge in [0.05, 0.1) is 27.2 Å². The summed E-state index contributed by atoms with van der Waals surface area (Å²) in [5, 5.41) is 3.14. The first kappa shape index (κ1) is 25.4. The molecule has 1 heterocycles. The first-order chi connectivity index (χ1) is 16.5. The first-order valence-electron chi connectivity index (χ1n) is 11.9. The van der Waals surface area contributed by atoms with Crippen molar-refractivity contribution in [1.29, 1.82) is 0 Å². The molecule has 0 spiro atoms. The summed E-state index contributed by atoms with van der Waals surface area (Å²) in [7, 11) is 4.72. The lowest BCUT2D eigenvalue weighted by atomic mass is 9.93. The molecule has 7 heteroatoms. The zero-order valence-electron chi connectivity index (χ0n) is 20.6. The number of amides is 2. The Kier molecular flexibility index (Phi) is 9.19. The molecule has 0 aliphatic carbocycles. The highest BCUT2D eigenvalue weighted by molar-refractivity contribution is 5.84. The molecule has 0 saturated carbocycles. The molecule has 1 atom stereocenters. The van der Waals surface area contributed by atoms with Crippen molar-refractivity contribution < 1.29 is 23.8 Å². The second-order valence-corrected chi connectivity index (χ2v) is 8.53. The summed E-state index contributed by atoms with van der Waals surface area (Å²) < 4.78 is 16.3. The Morgan fingerprint density at radius 2 is 1.65 bits per heavy atom. The van der Waals surface area contributed by atoms with Crippen molar-refractivity contribution in [2.75, 3.05) is 34.4 Å². The number of ether oxygens (including phenoxy) is 3. The summed E-state index contributed by atoms with van der Waals surface area (Å²) in [5.74, 6) is 1.78. The lowest BCUT2D eigenvalue weighted by Gasteiger charge is -2.34. The van der Waals surface area contributed by atoms with Crippen LogP contribution in [0.1, 0.15) is 49.7 Å². The van der Waals surface area contributed by atoms with Crippen molar-refractivity contribution in [2.45, 2.75) is 51.0 Å². The first-order valence-corrected chi connectivity index (χ1v) is 11.9. The average molecular weight is 469 g/mol. The third-order valence-corrected chi connectivity index (χ3v) is 6.49. The van der Waals surface area contributed by atoms with Crippen LogP contribution >= 0.6 is 0 Å². The van der Waals surface area contributed by atoms with Crippen LogP contribution in [0.5, 0.6) is 17.2 Å². The molecule has 1 N–H and O–H groups in total. The summed E-state index contributed by atoms with van der Waals surface area (Å²) >= 11 is 0. The van der Waals surface area contributed by atoms with Crippen LogP contribution in [-0.2, 0) is 16.0 Å². The SMILES string of the molecule is CCC(C(=O)N1CCC(NC(=O)CCc2ccc(OC)c(OC)c2OC)CC1)c1ccccc1. The van der Waals surface area contributed by atoms with Gasteiger partial charge in [-0.1, -0.05) is 43.3 Å². The highest BCUT2D eigenvalue weighted by Gasteiger charge is 2.28. The molecule has 2 aromatic rings. The molecular formula is C27H36N2O5. The molecule has 184 valence electrons. The summed E-state index contributed by atoms with van der Waals surface area (Å²) in [5.41, 5.74) is 1.96. The van der Waals surface area contributed by atoms with Gasteiger partial charge in [0.1, 0.15) is 0 Å². The van der Waals surface area contributed by atoms with Gasteiger partial charge in [-0.05, 0) is 42.9 Å². The second kappa shape index (κ2) is 12.3. The molecule has 2 amide bonds. The van der Waals surface area contributed by atoms with Crippen LogP contribution in [-0.4, -0.2) is 57.2 Å². The van der Waals surface area contributed by atoms with Gasteiger partial charge in [-0.15, -0.1) is 0 Å². The van der Waals surface area contributed by atoms with E-state index in [2.05, 4.69) is 12.2 Å². The molecule has 1 aliphatic rings. The Morgan fingerprint density at radius 3 is 2.24 bits per heavy atom. The number of hydrogen-bond acceptors (Lipinski definition) is 5. The van der Waals surface area contributed by atoms with Crippen LogP contribution in [0.25, 0.3) is 0 Å². The molecule has 7 nitrogen and oxygen atoms in total. The molecule has 3 rings (SSSR count). The fourth-order valence-corrected chi connectivity index (χ4v) is 4.61. The van der Waals surface area contributed by atoms with Gasteiger partial charge in [-0.25, -0.2) is 0 Å². The number of methoxy groups -OCH3 is 3. The predicted octanol–water partition coefficient (Wildman–Crippen LogP) is 3.95. The Bertz CT molecular complexity index is 955. The monoisotopic (exact) mass is 468 g/mol. The van der Waals surface area contributed by atoms with Gasteiger partial charge in [-0.3, -0.25) is 9.59 Å². The average Bonchev–Trinajstić information content (AvgIpc) is 2.88. The standard InChI is InChI=1S/C27H36N2O5/c1-5-22(19-9-7-6-8-10-19)27(31)29-17-15-21(16-18-29)28-24(30)14-12-20-11-13-23(32-2)26(34-4)25(20)33-3/h6-11,13,21-22H,5,12,14-18H2,1-4H3,(H,28,30). The fourth-order valence-electron chi connectivity index (χ4n) is 4.61. The van der Waals surface area contributed by atoms with E-state index >= 15 is 0 Å². The van der Waals surface area contributed by atoms with Crippen molar-refractivity contribution in [2.24, 2.45) is 0 Å². The van der Waals surface area contributed by atoms with Crippen molar-refractivity contribution >= 4 is 11.8 Å². The molecule has 1 aliphatic heterocycles. The van der Waals surface area contributed by atoms with E-state index < -0.39 is 0 Å². The number of piperidine rings is 1. The zero-order valence-corrected chi connectivity index (χ0v) is 20.6. The molecule has 1 unspecified atom stereocenters. The van der Waals surface area contributed by atoms with Crippen LogP contribution in [0, 0.1) is 0 Å². The summed E-state index contributed by atoms with van der Waals surface area (Å²) in [4.78, 5) is 27.7. The molecule has 1 fully saturated rings. The third-order valence-electron chi connectivity index (χ3n) is 6.49. The van der Waals surface area contributed by atoms with E-state index in [1.165, 1.54) is 0 Å². The minimum Gasteiger partial charge on any atom is -0.493 e. The maximum atomic E-state index is 13.1. The lowest BCUT2D eigenvalue weighted by molar-refractivity contribution is -0.134. The maximum absolute atomic E-state index is 13.1. The molecule has 1 saturated heterocycles. The molecule has 0 radical (unpaired) electrons. The largest absolute Gasteiger partial charge is 0.493 e. The van der Waals surface area contributed by atoms with Crippen molar-refractivity contribution in [3.63, 3.8) is 0 Å². The van der Waals surface area contributed by atoms with Crippen molar-refractivity contribution in [3.8, 4) is 17.2 Å². The highest BCUT2D eigenvalue weighted by atomic mass is 16.5. The number of benzene rings is 2. The number of hydrogen-bond donors (Lipinski definition) is 1. The Morgan fingerprint density at radius 1 is 0.971 bits per heavy atom. The summed E-state index contributed by atoms with van der Waals surface area (Å²) in [6.07, 6.45) is 3.18. The van der Waals surface area contributed by atoms with E-state index in [4.69, 9.17) is 14.2 Å². The van der Waals surface area contributed by atoms with E-state index in [0.29, 0.717) is 43.2 Å². The van der Waals surface area contributed by atoms with E-state index in [1.807, 2.05) is 47.4 Å². The normalized spacial score (nSPS) is 14.9. The number of aryl methyl sites for hydroxylation is 1. The minimum atomic E-state index is -0.108. The summed E-state index contributed by atoms with van der Waals surface area (Å²) in [6.45, 7) is 3.38. The third kappa shape index (κ3) is 6.01. The van der Waals surface area contributed by atoms with Gasteiger partial charge in [0.15, 0.2) is 11.5 Å². The van der Waals surface area contributed by atoms with Gasteiger partial charge >= 0.3 is 0 Å². The van der Waals surface area contributed by atoms with E-state index in [9.17, 15) is 9.59 Å². The van der Waals surface area contributed by atoms with Gasteiger partial charge in [0.25, 0.3) is 0 Å². The van der Waals surface area contributed by atoms with Gasteiger partial charge in [0.2, 0.25) is 17.6 Å². The predicted molar refractivity (Wildman–Crippen MR) is 132 cm³/mol. The fraction of sp³-hybridized carbons (Fsp3) is 0.481. The lowest BCUT2D eigenvalue weighted by Crippen LogP contribution is -2.47. The van der Waals surface area contributed by atoms with Gasteiger partial charge in [0, 0.05) is 25.6 Å². The molecule has 2 aromatic carbocycles. The van der Waals surface area contributed by atoms with Crippen LogP contribution < -0.4 is 19.5 Å². The number of rotatable bonds is 10. The zero-order chi connectivity index (χ0) is 24.5. The number of nitrogens with zero attached hydrogens (tertiary/aromatic N) is 1. The molecule has 34 heavy (non-hydrogen) atoms. The second-order valence-electron chi connectivity index (χ2n) is 8.53. The number of carbonyl (C=O) groups is 2. The summed E-state index contributed by atoms with van der Waals surface area (Å²) in [6, 6.07) is 13.8. The van der Waals surface area contributed by atoms with Gasteiger partial charge in [-0.2, -0.15) is 0 Å². The topological polar surface area (TPSA) is 77.1 Å². The molecule has 0 bridgehead atoms. The van der Waals surface area contributed by atoms with Crippen molar-refractivity contribution in [3.05, 3.63) is 53.6 Å². The van der Waals surface area contributed by atoms with Crippen molar-refractivity contribution in [1.82, 2.24) is 10.2 Å². The quantitative estimate of drug-likeness (QED) is 0.571. The van der Waals surface area contributed by atoms with Crippen LogP contribution in [0.15, 0.2) is 42.5 Å². The smallest absolute Gasteiger partial charge is 0.230 e. The number of likely N-dealkylation sites (tertiary alicyclic amines) is 1. The van der Waals surface area contributed by atoms with Crippen LogP contribution in [0.2, 0.25) is 0 Å². The van der Waals surface area contributed by atoms with Gasteiger partial charge < -0.3 is 24.4 Å². The molecule has 0 aromatic heterocycles. The van der Waals surface area contributed by atoms with Crippen LogP contribution in [0.3, 0.4) is 0 Å². The Balaban J connectivity index is 1.50. The maximum Gasteiger partial charge on any atom is 0.230 e. The Hall–Kier alpha value is -3.22.